The Bertz CT molecular complexity index is 124. The summed E-state index contributed by atoms with van der Waals surface area (Å²) in [6.07, 6.45) is 2.17. The summed E-state index contributed by atoms with van der Waals surface area (Å²) in [5.74, 6) is 0. The van der Waals surface area contributed by atoms with E-state index in [2.05, 4.69) is 24.2 Å². The lowest BCUT2D eigenvalue weighted by molar-refractivity contribution is 0.158. The highest BCUT2D eigenvalue weighted by molar-refractivity contribution is 4.81. The van der Waals surface area contributed by atoms with E-state index in [0.717, 1.165) is 19.5 Å². The van der Waals surface area contributed by atoms with Gasteiger partial charge in [-0.1, -0.05) is 6.92 Å². The van der Waals surface area contributed by atoms with Crippen LogP contribution in [0.3, 0.4) is 0 Å². The van der Waals surface area contributed by atoms with Crippen molar-refractivity contribution in [1.29, 1.82) is 0 Å². The minimum absolute atomic E-state index is 0.123. The fourth-order valence-electron chi connectivity index (χ4n) is 1.21. The van der Waals surface area contributed by atoms with Crippen LogP contribution in [0, 0.1) is 0 Å². The van der Waals surface area contributed by atoms with Crippen LogP contribution in [0.15, 0.2) is 0 Å². The van der Waals surface area contributed by atoms with Crippen molar-refractivity contribution in [2.75, 3.05) is 33.8 Å². The first-order valence-corrected chi connectivity index (χ1v) is 5.06. The van der Waals surface area contributed by atoms with Crippen molar-refractivity contribution in [3.05, 3.63) is 0 Å². The van der Waals surface area contributed by atoms with Crippen molar-refractivity contribution in [3.8, 4) is 0 Å². The molecule has 0 aromatic rings. The maximum Gasteiger partial charge on any atom is 0.0610 e. The maximum atomic E-state index is 9.15. The lowest BCUT2D eigenvalue weighted by Crippen LogP contribution is -2.45. The minimum atomic E-state index is -0.123. The minimum Gasteiger partial charge on any atom is -0.394 e. The first-order chi connectivity index (χ1) is 6.08. The molecule has 1 unspecified atom stereocenters. The van der Waals surface area contributed by atoms with E-state index in [1.807, 2.05) is 14.0 Å². The molecule has 80 valence electrons. The number of aliphatic hydroxyl groups excluding tert-OH is 1. The molecule has 13 heavy (non-hydrogen) atoms. The molecule has 0 rings (SSSR count). The summed E-state index contributed by atoms with van der Waals surface area (Å²) in [6.45, 7) is 6.59. The molecule has 2 N–H and O–H groups in total. The molecule has 0 aliphatic rings. The summed E-state index contributed by atoms with van der Waals surface area (Å²) in [7, 11) is 4.02. The van der Waals surface area contributed by atoms with Crippen LogP contribution < -0.4 is 5.32 Å². The average Bonchev–Trinajstić information content (AvgIpc) is 2.15. The van der Waals surface area contributed by atoms with Gasteiger partial charge in [0.1, 0.15) is 0 Å². The molecule has 0 radical (unpaired) electrons. The quantitative estimate of drug-likeness (QED) is 0.617. The Balaban J connectivity index is 3.71. The molecule has 0 aliphatic heterocycles. The largest absolute Gasteiger partial charge is 0.394 e. The van der Waals surface area contributed by atoms with Gasteiger partial charge >= 0.3 is 0 Å². The number of likely N-dealkylation sites (N-methyl/N-ethyl adjacent to an activating group) is 1. The first-order valence-electron chi connectivity index (χ1n) is 5.06. The van der Waals surface area contributed by atoms with Crippen molar-refractivity contribution >= 4 is 0 Å². The second kappa shape index (κ2) is 6.35. The second-order valence-corrected chi connectivity index (χ2v) is 4.02. The molecule has 0 aromatic carbocycles. The van der Waals surface area contributed by atoms with Crippen LogP contribution in [-0.4, -0.2) is 49.3 Å². The first kappa shape index (κ1) is 12.9. The van der Waals surface area contributed by atoms with E-state index in [9.17, 15) is 0 Å². The fraction of sp³-hybridized carbons (Fsp3) is 1.00. The highest BCUT2D eigenvalue weighted by atomic mass is 16.3. The molecule has 0 fully saturated rings. The number of hydrogen-bond donors (Lipinski definition) is 2. The number of nitrogens with zero attached hydrogens (tertiary/aromatic N) is 1. The predicted octanol–water partition coefficient (Wildman–Crippen LogP) is 0.689. The third-order valence-corrected chi connectivity index (χ3v) is 2.60. The second-order valence-electron chi connectivity index (χ2n) is 4.02. The van der Waals surface area contributed by atoms with Crippen molar-refractivity contribution < 1.29 is 5.11 Å². The Hall–Kier alpha value is -0.120. The summed E-state index contributed by atoms with van der Waals surface area (Å²) in [6, 6.07) is 0. The van der Waals surface area contributed by atoms with Gasteiger partial charge in [-0.3, -0.25) is 0 Å². The van der Waals surface area contributed by atoms with Gasteiger partial charge < -0.3 is 15.3 Å². The summed E-state index contributed by atoms with van der Waals surface area (Å²) < 4.78 is 0. The maximum absolute atomic E-state index is 9.15. The van der Waals surface area contributed by atoms with E-state index in [0.29, 0.717) is 0 Å². The molecule has 3 nitrogen and oxygen atoms in total. The van der Waals surface area contributed by atoms with E-state index < -0.39 is 0 Å². The van der Waals surface area contributed by atoms with Gasteiger partial charge in [0.15, 0.2) is 0 Å². The highest BCUT2D eigenvalue weighted by Crippen LogP contribution is 2.08. The Morgan fingerprint density at radius 1 is 1.38 bits per heavy atom. The van der Waals surface area contributed by atoms with E-state index >= 15 is 0 Å². The lowest BCUT2D eigenvalue weighted by Gasteiger charge is -2.29. The zero-order valence-electron chi connectivity index (χ0n) is 9.43. The SMILES string of the molecule is CCCN(C)CCC(C)(CO)NC. The Labute approximate surface area is 82.1 Å². The molecule has 0 aromatic heterocycles. The Morgan fingerprint density at radius 3 is 2.38 bits per heavy atom. The number of nitrogens with one attached hydrogen (secondary N) is 1. The van der Waals surface area contributed by atoms with Crippen LogP contribution >= 0.6 is 0 Å². The monoisotopic (exact) mass is 188 g/mol. The van der Waals surface area contributed by atoms with E-state index in [4.69, 9.17) is 5.11 Å². The Morgan fingerprint density at radius 2 is 2.00 bits per heavy atom. The van der Waals surface area contributed by atoms with Crippen LogP contribution in [0.4, 0.5) is 0 Å². The average molecular weight is 188 g/mol. The fourth-order valence-corrected chi connectivity index (χ4v) is 1.21. The third kappa shape index (κ3) is 5.24. The van der Waals surface area contributed by atoms with Crippen LogP contribution in [0.25, 0.3) is 0 Å². The van der Waals surface area contributed by atoms with Crippen molar-refractivity contribution in [1.82, 2.24) is 10.2 Å². The zero-order valence-corrected chi connectivity index (χ0v) is 9.43. The van der Waals surface area contributed by atoms with Crippen molar-refractivity contribution in [2.24, 2.45) is 0 Å². The molecule has 0 saturated carbocycles. The molecular formula is C10H24N2O. The van der Waals surface area contributed by atoms with Crippen LogP contribution in [0.1, 0.15) is 26.7 Å². The van der Waals surface area contributed by atoms with Gasteiger partial charge in [0.2, 0.25) is 0 Å². The molecule has 1 atom stereocenters. The molecule has 3 heteroatoms. The van der Waals surface area contributed by atoms with E-state index in [-0.39, 0.29) is 12.1 Å². The topological polar surface area (TPSA) is 35.5 Å². The number of rotatable bonds is 7. The molecule has 0 amide bonds. The van der Waals surface area contributed by atoms with Gasteiger partial charge in [-0.05, 0) is 47.0 Å². The molecule has 0 saturated heterocycles. The van der Waals surface area contributed by atoms with Gasteiger partial charge in [0, 0.05) is 5.54 Å². The van der Waals surface area contributed by atoms with E-state index in [1.165, 1.54) is 6.42 Å². The van der Waals surface area contributed by atoms with Gasteiger partial charge in [-0.2, -0.15) is 0 Å². The summed E-state index contributed by atoms with van der Waals surface area (Å²) in [5, 5.41) is 12.3. The smallest absolute Gasteiger partial charge is 0.0610 e. The van der Waals surface area contributed by atoms with E-state index in [1.54, 1.807) is 0 Å². The molecule has 0 heterocycles. The lowest BCUT2D eigenvalue weighted by atomic mass is 9.99. The summed E-state index contributed by atoms with van der Waals surface area (Å²) >= 11 is 0. The normalized spacial score (nSPS) is 16.2. The van der Waals surface area contributed by atoms with Crippen LogP contribution in [0.2, 0.25) is 0 Å². The van der Waals surface area contributed by atoms with Gasteiger partial charge in [0.05, 0.1) is 6.61 Å². The van der Waals surface area contributed by atoms with Crippen LogP contribution in [0.5, 0.6) is 0 Å². The molecular weight excluding hydrogens is 164 g/mol. The predicted molar refractivity (Wildman–Crippen MR) is 57.0 cm³/mol. The van der Waals surface area contributed by atoms with Crippen molar-refractivity contribution in [3.63, 3.8) is 0 Å². The third-order valence-electron chi connectivity index (χ3n) is 2.60. The van der Waals surface area contributed by atoms with Gasteiger partial charge in [0.25, 0.3) is 0 Å². The number of hydrogen-bond acceptors (Lipinski definition) is 3. The van der Waals surface area contributed by atoms with Gasteiger partial charge in [-0.15, -0.1) is 0 Å². The number of aliphatic hydroxyl groups is 1. The standard InChI is InChI=1S/C10H24N2O/c1-5-7-12(4)8-6-10(2,9-13)11-3/h11,13H,5-9H2,1-4H3. The summed E-state index contributed by atoms with van der Waals surface area (Å²) in [5.41, 5.74) is -0.123. The highest BCUT2D eigenvalue weighted by Gasteiger charge is 2.20. The molecule has 0 aliphatic carbocycles. The molecule has 0 spiro atoms. The van der Waals surface area contributed by atoms with Gasteiger partial charge in [-0.25, -0.2) is 0 Å². The zero-order chi connectivity index (χ0) is 10.3. The molecule has 0 bridgehead atoms. The van der Waals surface area contributed by atoms with Crippen molar-refractivity contribution in [2.45, 2.75) is 32.2 Å². The van der Waals surface area contributed by atoms with Crippen LogP contribution in [-0.2, 0) is 0 Å². The Kier molecular flexibility index (Phi) is 6.29. The summed E-state index contributed by atoms with van der Waals surface area (Å²) in [4.78, 5) is 2.30.